The van der Waals surface area contributed by atoms with Crippen LogP contribution in [-0.4, -0.2) is 44.6 Å². The minimum Gasteiger partial charge on any atom is -0.481 e. The second kappa shape index (κ2) is 11.3. The molecule has 0 aliphatic rings. The van der Waals surface area contributed by atoms with Crippen LogP contribution >= 0.6 is 0 Å². The molecule has 0 rings (SSSR count). The number of carbonyl (C=O) groups is 2. The van der Waals surface area contributed by atoms with Crippen LogP contribution in [0.2, 0.25) is 0 Å². The molecule has 0 radical (unpaired) electrons. The summed E-state index contributed by atoms with van der Waals surface area (Å²) in [5, 5.41) is 33.5. The summed E-state index contributed by atoms with van der Waals surface area (Å²) >= 11 is 0. The maximum atomic E-state index is 10.0. The number of aliphatic hydroxyl groups is 2. The molecule has 0 aliphatic heterocycles. The fourth-order valence-electron chi connectivity index (χ4n) is 0.996. The van der Waals surface area contributed by atoms with Crippen LogP contribution in [0.15, 0.2) is 0 Å². The monoisotopic (exact) mass is 250 g/mol. The van der Waals surface area contributed by atoms with E-state index < -0.39 is 24.1 Å². The molecule has 0 aliphatic carbocycles. The highest BCUT2D eigenvalue weighted by molar-refractivity contribution is 5.67. The highest BCUT2D eigenvalue weighted by atomic mass is 16.4. The van der Waals surface area contributed by atoms with Crippen molar-refractivity contribution >= 4 is 11.9 Å². The third-order valence-electron chi connectivity index (χ3n) is 1.77. The molecule has 4 N–H and O–H groups in total. The zero-order valence-electron chi connectivity index (χ0n) is 10.3. The molecule has 2 unspecified atom stereocenters. The lowest BCUT2D eigenvalue weighted by atomic mass is 10.1. The molecule has 0 bridgehead atoms. The van der Waals surface area contributed by atoms with Gasteiger partial charge in [-0.15, -0.1) is 0 Å². The van der Waals surface area contributed by atoms with Crippen LogP contribution < -0.4 is 0 Å². The first-order valence-electron chi connectivity index (χ1n) is 5.59. The van der Waals surface area contributed by atoms with Crippen molar-refractivity contribution < 1.29 is 30.0 Å². The van der Waals surface area contributed by atoms with E-state index in [0.717, 1.165) is 12.8 Å². The molecule has 0 saturated carbocycles. The summed E-state index contributed by atoms with van der Waals surface area (Å²) < 4.78 is 0. The zero-order valence-corrected chi connectivity index (χ0v) is 10.3. The van der Waals surface area contributed by atoms with Gasteiger partial charge in [-0.3, -0.25) is 9.59 Å². The summed E-state index contributed by atoms with van der Waals surface area (Å²) in [4.78, 5) is 19.7. The van der Waals surface area contributed by atoms with Gasteiger partial charge in [0.2, 0.25) is 0 Å². The van der Waals surface area contributed by atoms with E-state index in [1.807, 2.05) is 6.92 Å². The molecule has 0 fully saturated rings. The van der Waals surface area contributed by atoms with E-state index in [1.165, 1.54) is 6.92 Å². The van der Waals surface area contributed by atoms with Crippen molar-refractivity contribution in [1.29, 1.82) is 0 Å². The molecule has 0 saturated heterocycles. The lowest BCUT2D eigenvalue weighted by molar-refractivity contribution is -0.140. The molecule has 2 atom stereocenters. The van der Waals surface area contributed by atoms with Gasteiger partial charge in [0.1, 0.15) is 0 Å². The number of unbranched alkanes of at least 4 members (excludes halogenated alkanes) is 1. The molecule has 0 aromatic carbocycles. The summed E-state index contributed by atoms with van der Waals surface area (Å²) in [7, 11) is 0. The normalized spacial score (nSPS) is 13.2. The van der Waals surface area contributed by atoms with Crippen LogP contribution in [0.4, 0.5) is 0 Å². The van der Waals surface area contributed by atoms with E-state index in [0.29, 0.717) is 6.42 Å². The molecule has 0 heterocycles. The van der Waals surface area contributed by atoms with Crippen LogP contribution in [0.25, 0.3) is 0 Å². The summed E-state index contributed by atoms with van der Waals surface area (Å²) in [6, 6.07) is 0. The maximum absolute atomic E-state index is 10.0. The van der Waals surface area contributed by atoms with E-state index >= 15 is 0 Å². The predicted octanol–water partition coefficient (Wildman–Crippen LogP) is 0.854. The van der Waals surface area contributed by atoms with Crippen LogP contribution in [0.3, 0.4) is 0 Å². The molecule has 102 valence electrons. The Morgan fingerprint density at radius 2 is 1.53 bits per heavy atom. The first-order chi connectivity index (χ1) is 7.79. The van der Waals surface area contributed by atoms with Gasteiger partial charge in [0.25, 0.3) is 0 Å². The number of aliphatic carboxylic acids is 2. The van der Waals surface area contributed by atoms with Gasteiger partial charge in [-0.1, -0.05) is 19.8 Å². The second-order valence-electron chi connectivity index (χ2n) is 3.84. The lowest BCUT2D eigenvalue weighted by Crippen LogP contribution is -2.12. The second-order valence-corrected chi connectivity index (χ2v) is 3.84. The Balaban J connectivity index is 0. The first-order valence-corrected chi connectivity index (χ1v) is 5.59. The van der Waals surface area contributed by atoms with Crippen molar-refractivity contribution in [3.05, 3.63) is 0 Å². The molecule has 6 nitrogen and oxygen atoms in total. The van der Waals surface area contributed by atoms with Gasteiger partial charge in [-0.25, -0.2) is 0 Å². The van der Waals surface area contributed by atoms with Crippen LogP contribution in [0.1, 0.15) is 46.0 Å². The third kappa shape index (κ3) is 20.8. The molecule has 0 aromatic heterocycles. The smallest absolute Gasteiger partial charge is 0.305 e. The standard InChI is InChI=1S/C7H14O3.C4H8O3/c1-2-3-4-6(8)5-7(9)10;1-3(5)2-4(6)7/h6,8H,2-5H2,1H3,(H,9,10);3,5H,2H2,1H3,(H,6,7). The number of carboxylic acids is 2. The highest BCUT2D eigenvalue weighted by Gasteiger charge is 2.07. The number of carboxylic acid groups (broad SMARTS) is 2. The van der Waals surface area contributed by atoms with Gasteiger partial charge in [-0.05, 0) is 13.3 Å². The van der Waals surface area contributed by atoms with Crippen LogP contribution in [-0.2, 0) is 9.59 Å². The van der Waals surface area contributed by atoms with Gasteiger partial charge in [0.05, 0.1) is 25.0 Å². The van der Waals surface area contributed by atoms with Gasteiger partial charge >= 0.3 is 11.9 Å². The van der Waals surface area contributed by atoms with Crippen LogP contribution in [0.5, 0.6) is 0 Å². The minimum atomic E-state index is -0.963. The van der Waals surface area contributed by atoms with Gasteiger partial charge in [-0.2, -0.15) is 0 Å². The first kappa shape index (κ1) is 18.2. The average Bonchev–Trinajstić information content (AvgIpc) is 2.12. The SMILES string of the molecule is CC(O)CC(=O)O.CCCCC(O)CC(=O)O. The van der Waals surface area contributed by atoms with Crippen molar-refractivity contribution in [1.82, 2.24) is 0 Å². The minimum absolute atomic E-state index is 0.125. The van der Waals surface area contributed by atoms with Gasteiger partial charge < -0.3 is 20.4 Å². The van der Waals surface area contributed by atoms with E-state index in [4.69, 9.17) is 20.4 Å². The number of rotatable bonds is 7. The number of hydrogen-bond acceptors (Lipinski definition) is 4. The Morgan fingerprint density at radius 3 is 1.76 bits per heavy atom. The molecule has 17 heavy (non-hydrogen) atoms. The fourth-order valence-corrected chi connectivity index (χ4v) is 0.996. The molecule has 6 heteroatoms. The molecule has 0 amide bonds. The molecule has 0 aromatic rings. The third-order valence-corrected chi connectivity index (χ3v) is 1.77. The van der Waals surface area contributed by atoms with E-state index in [-0.39, 0.29) is 12.8 Å². The maximum Gasteiger partial charge on any atom is 0.305 e. The van der Waals surface area contributed by atoms with E-state index in [2.05, 4.69) is 0 Å². The molecule has 0 spiro atoms. The fraction of sp³-hybridized carbons (Fsp3) is 0.818. The summed E-state index contributed by atoms with van der Waals surface area (Å²) in [6.07, 6.45) is 0.823. The predicted molar refractivity (Wildman–Crippen MR) is 61.7 cm³/mol. The zero-order chi connectivity index (χ0) is 13.8. The van der Waals surface area contributed by atoms with Crippen molar-refractivity contribution in [2.24, 2.45) is 0 Å². The number of hydrogen-bond donors (Lipinski definition) is 4. The summed E-state index contributed by atoms with van der Waals surface area (Å²) in [6.45, 7) is 3.45. The average molecular weight is 250 g/mol. The highest BCUT2D eigenvalue weighted by Crippen LogP contribution is 2.03. The topological polar surface area (TPSA) is 115 Å². The van der Waals surface area contributed by atoms with Crippen molar-refractivity contribution in [3.63, 3.8) is 0 Å². The Kier molecular flexibility index (Phi) is 12.2. The van der Waals surface area contributed by atoms with Crippen molar-refractivity contribution in [3.8, 4) is 0 Å². The van der Waals surface area contributed by atoms with Gasteiger partial charge in [0, 0.05) is 0 Å². The van der Waals surface area contributed by atoms with Crippen LogP contribution in [0, 0.1) is 0 Å². The summed E-state index contributed by atoms with van der Waals surface area (Å²) in [5.41, 5.74) is 0. The Labute approximate surface area is 101 Å². The summed E-state index contributed by atoms with van der Waals surface area (Å²) in [5.74, 6) is -1.89. The molecular weight excluding hydrogens is 228 g/mol. The Bertz CT molecular complexity index is 214. The quantitative estimate of drug-likeness (QED) is 0.532. The van der Waals surface area contributed by atoms with Crippen molar-refractivity contribution in [2.45, 2.75) is 58.2 Å². The number of aliphatic hydroxyl groups excluding tert-OH is 2. The van der Waals surface area contributed by atoms with Crippen molar-refractivity contribution in [2.75, 3.05) is 0 Å². The van der Waals surface area contributed by atoms with E-state index in [9.17, 15) is 9.59 Å². The Hall–Kier alpha value is -1.14. The van der Waals surface area contributed by atoms with Gasteiger partial charge in [0.15, 0.2) is 0 Å². The Morgan fingerprint density at radius 1 is 1.06 bits per heavy atom. The van der Waals surface area contributed by atoms with E-state index in [1.54, 1.807) is 0 Å². The molecular formula is C11H22O6. The largest absolute Gasteiger partial charge is 0.481 e. The lowest BCUT2D eigenvalue weighted by Gasteiger charge is -2.04.